The summed E-state index contributed by atoms with van der Waals surface area (Å²) < 4.78 is 13.4. The van der Waals surface area contributed by atoms with Crippen LogP contribution in [0.4, 0.5) is 0 Å². The zero-order chi connectivity index (χ0) is 27.7. The van der Waals surface area contributed by atoms with Crippen LogP contribution in [0.3, 0.4) is 0 Å². The number of esters is 1. The lowest BCUT2D eigenvalue weighted by molar-refractivity contribution is -0.139. The topological polar surface area (TPSA) is 99.6 Å². The minimum absolute atomic E-state index is 0.226. The van der Waals surface area contributed by atoms with Crippen LogP contribution in [0.1, 0.15) is 42.6 Å². The molecule has 0 N–H and O–H groups in total. The van der Waals surface area contributed by atoms with Crippen LogP contribution in [0.2, 0.25) is 0 Å². The van der Waals surface area contributed by atoms with Gasteiger partial charge in [-0.3, -0.25) is 9.36 Å². The van der Waals surface area contributed by atoms with Gasteiger partial charge in [0.2, 0.25) is 0 Å². The van der Waals surface area contributed by atoms with Gasteiger partial charge in [0.1, 0.15) is 5.76 Å². The van der Waals surface area contributed by atoms with Crippen molar-refractivity contribution in [1.29, 1.82) is 0 Å². The number of allylic oxidation sites excluding steroid dienone is 1. The fourth-order valence-corrected chi connectivity index (χ4v) is 6.59. The van der Waals surface area contributed by atoms with Crippen molar-refractivity contribution in [2.24, 2.45) is 4.99 Å². The van der Waals surface area contributed by atoms with Crippen LogP contribution in [0, 0.1) is 13.8 Å². The first kappa shape index (κ1) is 27.2. The largest absolute Gasteiger partial charge is 0.463 e. The number of aromatic nitrogens is 3. The Labute approximate surface area is 237 Å². The van der Waals surface area contributed by atoms with Gasteiger partial charge in [-0.25, -0.2) is 19.8 Å². The number of nitrogens with zero attached hydrogens (tertiary/aromatic N) is 4. The predicted octanol–water partition coefficient (Wildman–Crippen LogP) is 4.67. The van der Waals surface area contributed by atoms with Gasteiger partial charge in [0.05, 0.1) is 28.5 Å². The number of aryl methyl sites for hydroxylation is 2. The number of hydrogen-bond acceptors (Lipinski definition) is 10. The molecule has 0 bridgehead atoms. The normalized spacial score (nSPS) is 15.3. The highest BCUT2D eigenvalue weighted by molar-refractivity contribution is 7.99. The van der Waals surface area contributed by atoms with E-state index in [1.807, 2.05) is 56.5 Å². The van der Waals surface area contributed by atoms with Crippen molar-refractivity contribution in [2.45, 2.75) is 48.9 Å². The summed E-state index contributed by atoms with van der Waals surface area (Å²) in [6.07, 6.45) is 3.70. The van der Waals surface area contributed by atoms with Crippen LogP contribution >= 0.6 is 34.9 Å². The van der Waals surface area contributed by atoms with Gasteiger partial charge in [-0.05, 0) is 81.6 Å². The summed E-state index contributed by atoms with van der Waals surface area (Å²) in [5.41, 5.74) is 3.21. The van der Waals surface area contributed by atoms with Crippen LogP contribution in [0.25, 0.3) is 6.08 Å². The Morgan fingerprint density at radius 1 is 1.13 bits per heavy atom. The summed E-state index contributed by atoms with van der Waals surface area (Å²) in [4.78, 5) is 41.9. The number of thioether (sulfide) groups is 1. The molecule has 1 aromatic carbocycles. The number of hydrogen-bond donors (Lipinski definition) is 0. The van der Waals surface area contributed by atoms with Crippen LogP contribution in [0.15, 0.2) is 83.1 Å². The highest BCUT2D eigenvalue weighted by atomic mass is 32.2. The van der Waals surface area contributed by atoms with E-state index in [2.05, 4.69) is 15.0 Å². The summed E-state index contributed by atoms with van der Waals surface area (Å²) >= 11 is 4.20. The molecular formula is C28H26N4O4S3. The van der Waals surface area contributed by atoms with Crippen molar-refractivity contribution in [1.82, 2.24) is 14.5 Å². The summed E-state index contributed by atoms with van der Waals surface area (Å²) in [5, 5.41) is 1.22. The van der Waals surface area contributed by atoms with Crippen molar-refractivity contribution in [3.8, 4) is 0 Å². The number of fused-ring (bicyclic) bond motifs is 1. The molecule has 4 heterocycles. The number of carbonyl (C=O) groups excluding carboxylic acids is 1. The highest BCUT2D eigenvalue weighted by Crippen LogP contribution is 2.32. The minimum atomic E-state index is -0.650. The van der Waals surface area contributed by atoms with Gasteiger partial charge < -0.3 is 9.15 Å². The molecule has 5 rings (SSSR count). The second-order valence-electron chi connectivity index (χ2n) is 8.77. The third-order valence-corrected chi connectivity index (χ3v) is 8.49. The van der Waals surface area contributed by atoms with Gasteiger partial charge in [-0.1, -0.05) is 23.5 Å². The molecule has 0 spiro atoms. The van der Waals surface area contributed by atoms with Gasteiger partial charge in [0.15, 0.2) is 15.1 Å². The highest BCUT2D eigenvalue weighted by Gasteiger charge is 2.33. The second kappa shape index (κ2) is 11.4. The van der Waals surface area contributed by atoms with Crippen molar-refractivity contribution >= 4 is 46.9 Å². The summed E-state index contributed by atoms with van der Waals surface area (Å²) in [7, 11) is 0. The molecule has 1 aliphatic heterocycles. The fraction of sp³-hybridized carbons (Fsp3) is 0.250. The maximum atomic E-state index is 13.8. The van der Waals surface area contributed by atoms with Gasteiger partial charge >= 0.3 is 5.97 Å². The van der Waals surface area contributed by atoms with Crippen molar-refractivity contribution in [2.75, 3.05) is 12.9 Å². The third-order valence-electron chi connectivity index (χ3n) is 5.98. The van der Waals surface area contributed by atoms with Gasteiger partial charge in [0, 0.05) is 22.4 Å². The van der Waals surface area contributed by atoms with Crippen LogP contribution in [-0.4, -0.2) is 33.4 Å². The molecule has 0 radical (unpaired) electrons. The average molecular weight is 579 g/mol. The monoisotopic (exact) mass is 578 g/mol. The van der Waals surface area contributed by atoms with Crippen LogP contribution in [0.5, 0.6) is 0 Å². The molecule has 0 aliphatic carbocycles. The molecule has 11 heteroatoms. The number of furan rings is 1. The van der Waals surface area contributed by atoms with Crippen molar-refractivity contribution < 1.29 is 13.9 Å². The lowest BCUT2D eigenvalue weighted by Gasteiger charge is -2.24. The Hall–Kier alpha value is -3.41. The number of benzene rings is 1. The second-order valence-corrected chi connectivity index (χ2v) is 11.6. The summed E-state index contributed by atoms with van der Waals surface area (Å²) in [5.74, 6) is 0.0441. The molecule has 200 valence electrons. The van der Waals surface area contributed by atoms with Gasteiger partial charge in [0.25, 0.3) is 5.56 Å². The molecule has 0 unspecified atom stereocenters. The van der Waals surface area contributed by atoms with E-state index in [4.69, 9.17) is 9.15 Å². The molecule has 1 atom stereocenters. The molecule has 39 heavy (non-hydrogen) atoms. The van der Waals surface area contributed by atoms with E-state index >= 15 is 0 Å². The Kier molecular flexibility index (Phi) is 7.92. The van der Waals surface area contributed by atoms with Crippen molar-refractivity contribution in [3.63, 3.8) is 0 Å². The number of thiazole rings is 1. The Balaban J connectivity index is 1.56. The first-order valence-corrected chi connectivity index (χ1v) is 15.1. The molecule has 4 aromatic rings. The van der Waals surface area contributed by atoms with Crippen LogP contribution < -0.4 is 14.9 Å². The molecule has 0 saturated carbocycles. The van der Waals surface area contributed by atoms with E-state index in [1.54, 1.807) is 42.3 Å². The average Bonchev–Trinajstić information content (AvgIpc) is 3.46. The quantitative estimate of drug-likeness (QED) is 0.177. The number of rotatable bonds is 7. The van der Waals surface area contributed by atoms with E-state index in [0.717, 1.165) is 21.8 Å². The fourth-order valence-electron chi connectivity index (χ4n) is 4.32. The molecule has 0 fully saturated rings. The lowest BCUT2D eigenvalue weighted by atomic mass is 9.96. The molecule has 1 aliphatic rings. The minimum Gasteiger partial charge on any atom is -0.463 e. The molecule has 3 aromatic heterocycles. The molecule has 0 saturated heterocycles. The first-order chi connectivity index (χ1) is 18.8. The number of ether oxygens (including phenoxy) is 1. The van der Waals surface area contributed by atoms with E-state index in [9.17, 15) is 9.59 Å². The summed E-state index contributed by atoms with van der Waals surface area (Å²) in [6.45, 7) is 7.60. The Morgan fingerprint density at radius 3 is 2.51 bits per heavy atom. The predicted molar refractivity (Wildman–Crippen MR) is 153 cm³/mol. The maximum Gasteiger partial charge on any atom is 0.338 e. The van der Waals surface area contributed by atoms with Crippen LogP contribution in [-0.2, 0) is 9.53 Å². The zero-order valence-electron chi connectivity index (χ0n) is 22.0. The van der Waals surface area contributed by atoms with E-state index < -0.39 is 12.0 Å². The first-order valence-electron chi connectivity index (χ1n) is 12.2. The molecule has 8 nitrogen and oxygen atoms in total. The van der Waals surface area contributed by atoms with E-state index in [0.29, 0.717) is 36.6 Å². The Bertz CT molecular complexity index is 1750. The standard InChI is InChI=1S/C28H26N4O4S3/c1-6-35-26(34)23-17(4)31-28-32(24(23)18-7-10-20(37-5)11-8-18)25(33)21(38-28)14-19-9-12-22(36-19)39-27-29-15(2)13-16(3)30-27/h7-14,24H,6H2,1-5H3/b21-14+/t24-/m0/s1. The maximum absolute atomic E-state index is 13.8. The SMILES string of the molecule is CCOC(=O)C1=C(C)N=c2s/c(=C/c3ccc(Sc4nc(C)cc(C)n4)o3)c(=O)n2[C@H]1c1ccc(SC)cc1. The Morgan fingerprint density at radius 2 is 1.85 bits per heavy atom. The lowest BCUT2D eigenvalue weighted by Crippen LogP contribution is -2.39. The number of carbonyl (C=O) groups is 1. The van der Waals surface area contributed by atoms with Crippen molar-refractivity contribution in [3.05, 3.63) is 96.1 Å². The molecule has 0 amide bonds. The van der Waals surface area contributed by atoms with E-state index in [1.165, 1.54) is 23.1 Å². The van der Waals surface area contributed by atoms with Gasteiger partial charge in [-0.2, -0.15) is 0 Å². The zero-order valence-corrected chi connectivity index (χ0v) is 24.5. The summed E-state index contributed by atoms with van der Waals surface area (Å²) in [6, 6.07) is 12.7. The molecular weight excluding hydrogens is 553 g/mol. The van der Waals surface area contributed by atoms with E-state index in [-0.39, 0.29) is 12.2 Å². The smallest absolute Gasteiger partial charge is 0.338 e. The van der Waals surface area contributed by atoms with Gasteiger partial charge in [-0.15, -0.1) is 11.8 Å². The third kappa shape index (κ3) is 5.66.